The van der Waals surface area contributed by atoms with Gasteiger partial charge < -0.3 is 10.1 Å². The van der Waals surface area contributed by atoms with E-state index in [9.17, 15) is 14.4 Å². The van der Waals surface area contributed by atoms with Crippen molar-refractivity contribution in [2.24, 2.45) is 7.05 Å². The number of aryl methyl sites for hydroxylation is 2. The van der Waals surface area contributed by atoms with Crippen LogP contribution in [0, 0.1) is 6.92 Å². The van der Waals surface area contributed by atoms with Crippen LogP contribution < -0.4 is 21.3 Å². The van der Waals surface area contributed by atoms with Gasteiger partial charge in [0.2, 0.25) is 5.91 Å². The van der Waals surface area contributed by atoms with E-state index in [0.29, 0.717) is 17.0 Å². The number of benzene rings is 2. The summed E-state index contributed by atoms with van der Waals surface area (Å²) >= 11 is 0. The van der Waals surface area contributed by atoms with Crippen molar-refractivity contribution in [2.45, 2.75) is 13.5 Å². The van der Waals surface area contributed by atoms with Crippen molar-refractivity contribution in [2.75, 3.05) is 12.4 Å². The van der Waals surface area contributed by atoms with Crippen molar-refractivity contribution in [1.82, 2.24) is 14.1 Å². The molecule has 0 aliphatic rings. The Morgan fingerprint density at radius 3 is 2.63 bits per heavy atom. The number of methoxy groups -OCH3 is 1. The Morgan fingerprint density at radius 1 is 1.13 bits per heavy atom. The van der Waals surface area contributed by atoms with Gasteiger partial charge in [-0.25, -0.2) is 14.3 Å². The maximum absolute atomic E-state index is 13.1. The second kappa shape index (κ2) is 7.47. The average molecular weight is 404 g/mol. The maximum atomic E-state index is 13.1. The predicted octanol–water partition coefficient (Wildman–Crippen LogP) is 2.20. The highest BCUT2D eigenvalue weighted by molar-refractivity contribution is 6.02. The number of nitrogens with zero attached hydrogens (tertiary/aromatic N) is 3. The van der Waals surface area contributed by atoms with E-state index in [-0.39, 0.29) is 11.0 Å². The molecule has 0 aliphatic carbocycles. The molecule has 4 aromatic rings. The Kier molecular flexibility index (Phi) is 4.83. The molecule has 1 amide bonds. The summed E-state index contributed by atoms with van der Waals surface area (Å²) in [4.78, 5) is 42.8. The van der Waals surface area contributed by atoms with E-state index in [1.165, 1.54) is 24.9 Å². The van der Waals surface area contributed by atoms with Crippen LogP contribution in [0.5, 0.6) is 5.75 Å². The summed E-state index contributed by atoms with van der Waals surface area (Å²) in [6, 6.07) is 13.2. The number of fused-ring (bicyclic) bond motifs is 2. The maximum Gasteiger partial charge on any atom is 0.332 e. The molecular weight excluding hydrogens is 384 g/mol. The summed E-state index contributed by atoms with van der Waals surface area (Å²) in [6.07, 6.45) is 1.54. The number of hydrogen-bond acceptors (Lipinski definition) is 5. The molecule has 0 fully saturated rings. The average Bonchev–Trinajstić information content (AvgIpc) is 2.75. The molecule has 0 spiro atoms. The minimum absolute atomic E-state index is 0.164. The van der Waals surface area contributed by atoms with E-state index in [0.717, 1.165) is 15.3 Å². The molecule has 2 aromatic carbocycles. The van der Waals surface area contributed by atoms with Crippen LogP contribution in [0.2, 0.25) is 0 Å². The van der Waals surface area contributed by atoms with Crippen LogP contribution in [0.15, 0.2) is 58.3 Å². The highest BCUT2D eigenvalue weighted by atomic mass is 16.5. The zero-order valence-electron chi connectivity index (χ0n) is 16.8. The summed E-state index contributed by atoms with van der Waals surface area (Å²) in [5.41, 5.74) is 0.234. The van der Waals surface area contributed by atoms with Gasteiger partial charge in [0.1, 0.15) is 17.7 Å². The first-order chi connectivity index (χ1) is 14.4. The Hall–Kier alpha value is -3.94. The van der Waals surface area contributed by atoms with Crippen LogP contribution in [0.1, 0.15) is 5.56 Å². The van der Waals surface area contributed by atoms with Gasteiger partial charge in [-0.2, -0.15) is 0 Å². The molecule has 0 saturated heterocycles. The van der Waals surface area contributed by atoms with Gasteiger partial charge in [-0.05, 0) is 18.4 Å². The van der Waals surface area contributed by atoms with Gasteiger partial charge in [0.15, 0.2) is 5.65 Å². The van der Waals surface area contributed by atoms with Crippen molar-refractivity contribution in [1.29, 1.82) is 0 Å². The topological polar surface area (TPSA) is 95.2 Å². The van der Waals surface area contributed by atoms with E-state index < -0.39 is 23.7 Å². The van der Waals surface area contributed by atoms with Crippen LogP contribution >= 0.6 is 0 Å². The van der Waals surface area contributed by atoms with Crippen molar-refractivity contribution in [3.63, 3.8) is 0 Å². The van der Waals surface area contributed by atoms with Crippen LogP contribution in [0.3, 0.4) is 0 Å². The third-order valence-corrected chi connectivity index (χ3v) is 5.05. The molecule has 8 heteroatoms. The summed E-state index contributed by atoms with van der Waals surface area (Å²) in [5.74, 6) is -0.145. The minimum atomic E-state index is -0.626. The molecule has 0 unspecified atom stereocenters. The molecular formula is C22H20N4O4. The first kappa shape index (κ1) is 19.4. The SMILES string of the molecule is COc1c(C)cnc2c1c(=O)n(CC(=O)Nc1cccc3ccccc13)c(=O)n2C. The Labute approximate surface area is 171 Å². The summed E-state index contributed by atoms with van der Waals surface area (Å²) in [7, 11) is 2.95. The molecule has 0 radical (unpaired) electrons. The van der Waals surface area contributed by atoms with Crippen LogP contribution in [0.4, 0.5) is 5.69 Å². The third kappa shape index (κ3) is 3.12. The zero-order chi connectivity index (χ0) is 21.4. The normalized spacial score (nSPS) is 11.0. The van der Waals surface area contributed by atoms with Crippen molar-refractivity contribution in [3.05, 3.63) is 75.1 Å². The Morgan fingerprint density at radius 2 is 1.87 bits per heavy atom. The second-order valence-corrected chi connectivity index (χ2v) is 6.98. The van der Waals surface area contributed by atoms with Crippen LogP contribution in [-0.4, -0.2) is 27.1 Å². The van der Waals surface area contributed by atoms with Crippen molar-refractivity contribution >= 4 is 33.4 Å². The quantitative estimate of drug-likeness (QED) is 0.563. The smallest absolute Gasteiger partial charge is 0.332 e. The Bertz CT molecular complexity index is 1410. The summed E-state index contributed by atoms with van der Waals surface area (Å²) in [5, 5.41) is 4.81. The fourth-order valence-electron chi connectivity index (χ4n) is 3.59. The monoisotopic (exact) mass is 404 g/mol. The fraction of sp³-hybridized carbons (Fsp3) is 0.182. The van der Waals surface area contributed by atoms with Gasteiger partial charge in [-0.1, -0.05) is 36.4 Å². The van der Waals surface area contributed by atoms with Gasteiger partial charge >= 0.3 is 5.69 Å². The molecule has 0 bridgehead atoms. The van der Waals surface area contributed by atoms with Crippen LogP contribution in [-0.2, 0) is 18.4 Å². The standard InChI is InChI=1S/C22H20N4O4/c1-13-11-23-20-18(19(13)30-3)21(28)26(22(29)25(20)2)12-17(27)24-16-10-6-8-14-7-4-5-9-15(14)16/h4-11H,12H2,1-3H3,(H,24,27). The molecule has 0 aliphatic heterocycles. The molecule has 4 rings (SSSR count). The number of hydrogen-bond donors (Lipinski definition) is 1. The number of carbonyl (C=O) groups excluding carboxylic acids is 1. The molecule has 152 valence electrons. The number of ether oxygens (including phenoxy) is 1. The molecule has 0 atom stereocenters. The largest absolute Gasteiger partial charge is 0.495 e. The third-order valence-electron chi connectivity index (χ3n) is 5.05. The fourth-order valence-corrected chi connectivity index (χ4v) is 3.59. The first-order valence-corrected chi connectivity index (χ1v) is 9.33. The highest BCUT2D eigenvalue weighted by Crippen LogP contribution is 2.24. The number of pyridine rings is 1. The molecule has 1 N–H and O–H groups in total. The van der Waals surface area contributed by atoms with Gasteiger partial charge in [0.05, 0.1) is 7.11 Å². The van der Waals surface area contributed by atoms with Gasteiger partial charge in [0, 0.05) is 29.9 Å². The molecule has 0 saturated carbocycles. The number of anilines is 1. The number of amides is 1. The lowest BCUT2D eigenvalue weighted by molar-refractivity contribution is -0.116. The number of rotatable bonds is 4. The van der Waals surface area contributed by atoms with E-state index in [4.69, 9.17) is 4.74 Å². The van der Waals surface area contributed by atoms with E-state index in [1.54, 1.807) is 13.0 Å². The highest BCUT2D eigenvalue weighted by Gasteiger charge is 2.19. The number of aromatic nitrogens is 3. The van der Waals surface area contributed by atoms with Gasteiger partial charge in [-0.3, -0.25) is 14.2 Å². The molecule has 2 heterocycles. The Balaban J connectivity index is 1.78. The van der Waals surface area contributed by atoms with Crippen LogP contribution in [0.25, 0.3) is 21.8 Å². The summed E-state index contributed by atoms with van der Waals surface area (Å²) in [6.45, 7) is 1.33. The zero-order valence-corrected chi connectivity index (χ0v) is 16.8. The lowest BCUT2D eigenvalue weighted by Gasteiger charge is -2.14. The summed E-state index contributed by atoms with van der Waals surface area (Å²) < 4.78 is 7.50. The lowest BCUT2D eigenvalue weighted by atomic mass is 10.1. The number of nitrogens with one attached hydrogen (secondary N) is 1. The van der Waals surface area contributed by atoms with Crippen molar-refractivity contribution < 1.29 is 9.53 Å². The van der Waals surface area contributed by atoms with E-state index >= 15 is 0 Å². The first-order valence-electron chi connectivity index (χ1n) is 9.33. The second-order valence-electron chi connectivity index (χ2n) is 6.98. The minimum Gasteiger partial charge on any atom is -0.495 e. The van der Waals surface area contributed by atoms with Gasteiger partial charge in [0.25, 0.3) is 5.56 Å². The van der Waals surface area contributed by atoms with Crippen molar-refractivity contribution in [3.8, 4) is 5.75 Å². The predicted molar refractivity (Wildman–Crippen MR) is 115 cm³/mol. The van der Waals surface area contributed by atoms with E-state index in [2.05, 4.69) is 10.3 Å². The van der Waals surface area contributed by atoms with Gasteiger partial charge in [-0.15, -0.1) is 0 Å². The molecule has 2 aromatic heterocycles. The number of carbonyl (C=O) groups is 1. The molecule has 30 heavy (non-hydrogen) atoms. The van der Waals surface area contributed by atoms with E-state index in [1.807, 2.05) is 36.4 Å². The lowest BCUT2D eigenvalue weighted by Crippen LogP contribution is -2.42. The molecule has 8 nitrogen and oxygen atoms in total.